The Morgan fingerprint density at radius 3 is 2.61 bits per heavy atom. The molecular weight excluding hydrogens is 537 g/mol. The fourth-order valence-corrected chi connectivity index (χ4v) is 5.65. The van der Waals surface area contributed by atoms with Crippen LogP contribution in [0.2, 0.25) is 0 Å². The van der Waals surface area contributed by atoms with Gasteiger partial charge in [0.15, 0.2) is 5.65 Å². The number of nitrogens with one attached hydrogen (secondary N) is 2. The Morgan fingerprint density at radius 1 is 1.00 bits per heavy atom. The number of carbonyl (C=O) groups is 1. The van der Waals surface area contributed by atoms with Gasteiger partial charge in [0.2, 0.25) is 0 Å². The zero-order valence-corrected chi connectivity index (χ0v) is 22.9. The third-order valence-electron chi connectivity index (χ3n) is 6.77. The first kappa shape index (κ1) is 26.1. The number of fused-ring (bicyclic) bond motifs is 1. The van der Waals surface area contributed by atoms with Crippen LogP contribution in [0, 0.1) is 5.82 Å². The van der Waals surface area contributed by atoms with Crippen molar-refractivity contribution in [1.82, 2.24) is 24.8 Å². The van der Waals surface area contributed by atoms with E-state index in [1.54, 1.807) is 41.8 Å². The largest absolute Gasteiger partial charge is 0.383 e. The first-order chi connectivity index (χ1) is 20.0. The second-order valence-electron chi connectivity index (χ2n) is 9.47. The van der Waals surface area contributed by atoms with E-state index in [1.807, 2.05) is 54.1 Å². The van der Waals surface area contributed by atoms with Crippen LogP contribution in [0.25, 0.3) is 27.2 Å². The molecule has 1 atom stereocenters. The number of benzene rings is 2. The van der Waals surface area contributed by atoms with E-state index in [4.69, 9.17) is 5.73 Å². The highest BCUT2D eigenvalue weighted by molar-refractivity contribution is 7.15. The summed E-state index contributed by atoms with van der Waals surface area (Å²) < 4.78 is 15.3. The lowest BCUT2D eigenvalue weighted by molar-refractivity contribution is 0.0940. The van der Waals surface area contributed by atoms with Gasteiger partial charge in [0.05, 0.1) is 23.5 Å². The van der Waals surface area contributed by atoms with Crippen LogP contribution in [-0.4, -0.2) is 25.4 Å². The number of para-hydroxylation sites is 1. The maximum Gasteiger partial charge on any atom is 0.255 e. The van der Waals surface area contributed by atoms with Crippen LogP contribution in [-0.2, 0) is 6.54 Å². The van der Waals surface area contributed by atoms with Crippen molar-refractivity contribution in [2.24, 2.45) is 0 Å². The van der Waals surface area contributed by atoms with Gasteiger partial charge >= 0.3 is 0 Å². The van der Waals surface area contributed by atoms with E-state index in [0.29, 0.717) is 23.7 Å². The van der Waals surface area contributed by atoms with Gasteiger partial charge in [0.25, 0.3) is 5.91 Å². The fraction of sp³-hybridized carbons (Fsp3) is 0.0968. The van der Waals surface area contributed by atoms with Crippen LogP contribution in [0.5, 0.6) is 0 Å². The normalized spacial score (nSPS) is 11.9. The molecule has 4 aromatic heterocycles. The Morgan fingerprint density at radius 2 is 1.80 bits per heavy atom. The highest BCUT2D eigenvalue weighted by atomic mass is 32.1. The number of anilines is 2. The number of hydrogen-bond acceptors (Lipinski definition) is 7. The molecule has 6 aromatic rings. The van der Waals surface area contributed by atoms with E-state index in [0.717, 1.165) is 37.6 Å². The highest BCUT2D eigenvalue weighted by Gasteiger charge is 2.19. The van der Waals surface area contributed by atoms with Crippen LogP contribution in [0.1, 0.15) is 33.8 Å². The first-order valence-corrected chi connectivity index (χ1v) is 13.8. The minimum atomic E-state index is -0.318. The van der Waals surface area contributed by atoms with Gasteiger partial charge in [0.1, 0.15) is 23.8 Å². The molecule has 1 amide bonds. The minimum Gasteiger partial charge on any atom is -0.383 e. The van der Waals surface area contributed by atoms with Gasteiger partial charge in [-0.3, -0.25) is 4.79 Å². The van der Waals surface area contributed by atoms with Crippen molar-refractivity contribution in [3.05, 3.63) is 119 Å². The smallest absolute Gasteiger partial charge is 0.255 e. The van der Waals surface area contributed by atoms with Crippen molar-refractivity contribution < 1.29 is 9.18 Å². The van der Waals surface area contributed by atoms with Crippen molar-refractivity contribution >= 4 is 39.9 Å². The number of nitrogen functional groups attached to an aromatic ring is 1. The molecule has 0 saturated heterocycles. The lowest BCUT2D eigenvalue weighted by Gasteiger charge is -2.16. The first-order valence-electron chi connectivity index (χ1n) is 13.0. The Hall–Kier alpha value is -5.09. The summed E-state index contributed by atoms with van der Waals surface area (Å²) in [6.45, 7) is 2.33. The van der Waals surface area contributed by atoms with Gasteiger partial charge in [-0.1, -0.05) is 30.3 Å². The molecule has 0 saturated carbocycles. The molecule has 10 heteroatoms. The molecular formula is C31H26FN7OS. The number of rotatable bonds is 8. The third-order valence-corrected chi connectivity index (χ3v) is 7.89. The number of hydrogen-bond donors (Lipinski definition) is 3. The van der Waals surface area contributed by atoms with E-state index in [-0.39, 0.29) is 17.8 Å². The average molecular weight is 564 g/mol. The summed E-state index contributed by atoms with van der Waals surface area (Å²) in [4.78, 5) is 28.3. The monoisotopic (exact) mass is 563 g/mol. The van der Waals surface area contributed by atoms with E-state index in [1.165, 1.54) is 18.5 Å². The Bertz CT molecular complexity index is 1830. The Kier molecular flexibility index (Phi) is 7.13. The molecule has 6 rings (SSSR count). The molecule has 0 aliphatic rings. The van der Waals surface area contributed by atoms with E-state index >= 15 is 0 Å². The van der Waals surface area contributed by atoms with Gasteiger partial charge in [-0.25, -0.2) is 19.3 Å². The SMILES string of the molecule is C[C@H](NC(=O)c1cccnc1NCc1ccc(-c2cn(-c3ccccc3)c3ncnc(N)c23)s1)c1ccc(F)cc1. The zero-order chi connectivity index (χ0) is 28.3. The fourth-order valence-electron chi connectivity index (χ4n) is 4.68. The maximum absolute atomic E-state index is 13.3. The number of aromatic nitrogens is 4. The van der Waals surface area contributed by atoms with Gasteiger partial charge in [0, 0.05) is 33.4 Å². The standard InChI is InChI=1S/C31H26FN7OS/c1-19(20-9-11-21(32)12-10-20)38-31(40)24-8-5-15-34-29(24)35-16-23-13-14-26(41-23)25-17-39(22-6-3-2-4-7-22)30-27(25)28(33)36-18-37-30/h2-15,17-19H,16H2,1H3,(H,34,35)(H,38,40)(H2,33,36,37)/t19-/m0/s1. The lowest BCUT2D eigenvalue weighted by Crippen LogP contribution is -2.27. The molecule has 4 N–H and O–H groups in total. The third kappa shape index (κ3) is 5.37. The van der Waals surface area contributed by atoms with Crippen LogP contribution in [0.4, 0.5) is 16.0 Å². The molecule has 0 unspecified atom stereocenters. The predicted octanol–water partition coefficient (Wildman–Crippen LogP) is 6.37. The van der Waals surface area contributed by atoms with E-state index < -0.39 is 0 Å². The zero-order valence-electron chi connectivity index (χ0n) is 22.1. The molecule has 0 aliphatic heterocycles. The van der Waals surface area contributed by atoms with Crippen molar-refractivity contribution in [2.45, 2.75) is 19.5 Å². The quantitative estimate of drug-likeness (QED) is 0.199. The van der Waals surface area contributed by atoms with E-state index in [9.17, 15) is 9.18 Å². The number of nitrogens with zero attached hydrogens (tertiary/aromatic N) is 4. The number of pyridine rings is 1. The topological polar surface area (TPSA) is 111 Å². The molecule has 0 radical (unpaired) electrons. The summed E-state index contributed by atoms with van der Waals surface area (Å²) in [7, 11) is 0. The molecule has 0 bridgehead atoms. The summed E-state index contributed by atoms with van der Waals surface area (Å²) in [5.41, 5.74) is 10.2. The van der Waals surface area contributed by atoms with Gasteiger partial charge in [-0.2, -0.15) is 0 Å². The predicted molar refractivity (Wildman–Crippen MR) is 160 cm³/mol. The minimum absolute atomic E-state index is 0.270. The second-order valence-corrected chi connectivity index (χ2v) is 10.6. The maximum atomic E-state index is 13.3. The van der Waals surface area contributed by atoms with Crippen molar-refractivity contribution in [1.29, 1.82) is 0 Å². The van der Waals surface area contributed by atoms with Crippen molar-refractivity contribution in [2.75, 3.05) is 11.1 Å². The molecule has 204 valence electrons. The Balaban J connectivity index is 1.22. The molecule has 8 nitrogen and oxygen atoms in total. The lowest BCUT2D eigenvalue weighted by atomic mass is 10.1. The molecule has 0 fully saturated rings. The van der Waals surface area contributed by atoms with Crippen LogP contribution < -0.4 is 16.4 Å². The molecule has 4 heterocycles. The van der Waals surface area contributed by atoms with Crippen LogP contribution in [0.3, 0.4) is 0 Å². The van der Waals surface area contributed by atoms with Crippen molar-refractivity contribution in [3.8, 4) is 16.1 Å². The number of halogens is 1. The number of amides is 1. The molecule has 0 spiro atoms. The summed E-state index contributed by atoms with van der Waals surface area (Å²) >= 11 is 1.61. The average Bonchev–Trinajstić information content (AvgIpc) is 3.63. The second kappa shape index (κ2) is 11.2. The van der Waals surface area contributed by atoms with Gasteiger partial charge < -0.3 is 20.9 Å². The molecule has 2 aromatic carbocycles. The summed E-state index contributed by atoms with van der Waals surface area (Å²) in [5.74, 6) is 0.311. The summed E-state index contributed by atoms with van der Waals surface area (Å²) in [6, 6.07) is 23.3. The van der Waals surface area contributed by atoms with E-state index in [2.05, 4.69) is 31.7 Å². The van der Waals surface area contributed by atoms with Gasteiger partial charge in [-0.05, 0) is 61.0 Å². The van der Waals surface area contributed by atoms with Gasteiger partial charge in [-0.15, -0.1) is 11.3 Å². The summed E-state index contributed by atoms with van der Waals surface area (Å²) in [5, 5.41) is 7.08. The Labute approximate surface area is 239 Å². The molecule has 0 aliphatic carbocycles. The van der Waals surface area contributed by atoms with Crippen LogP contribution >= 0.6 is 11.3 Å². The summed E-state index contributed by atoms with van der Waals surface area (Å²) in [6.07, 6.45) is 5.16. The number of nitrogens with two attached hydrogens (primary N) is 1. The number of thiophene rings is 1. The number of carbonyl (C=O) groups excluding carboxylic acids is 1. The van der Waals surface area contributed by atoms with Crippen molar-refractivity contribution in [3.63, 3.8) is 0 Å². The van der Waals surface area contributed by atoms with Crippen LogP contribution in [0.15, 0.2) is 97.6 Å². The molecule has 41 heavy (non-hydrogen) atoms. The highest BCUT2D eigenvalue weighted by Crippen LogP contribution is 2.38.